The molecule has 0 aromatic heterocycles. The second kappa shape index (κ2) is 5.22. The van der Waals surface area contributed by atoms with Crippen molar-refractivity contribution in [3.8, 4) is 0 Å². The minimum absolute atomic E-state index is 0.763. The Bertz CT molecular complexity index is 340. The lowest BCUT2D eigenvalue weighted by Crippen LogP contribution is -2.27. The summed E-state index contributed by atoms with van der Waals surface area (Å²) in [6, 6.07) is 11.7. The molecule has 1 nitrogen and oxygen atoms in total. The van der Waals surface area contributed by atoms with Crippen LogP contribution in [-0.4, -0.2) is 12.6 Å². The Morgan fingerprint density at radius 3 is 2.53 bits per heavy atom. The van der Waals surface area contributed by atoms with Crippen LogP contribution in [0.3, 0.4) is 0 Å². The van der Waals surface area contributed by atoms with Gasteiger partial charge in [-0.15, -0.1) is 0 Å². The fourth-order valence-corrected chi connectivity index (χ4v) is 3.20. The molecule has 2 atom stereocenters. The van der Waals surface area contributed by atoms with Gasteiger partial charge < -0.3 is 5.32 Å². The van der Waals surface area contributed by atoms with E-state index in [0.717, 1.165) is 17.9 Å². The molecule has 1 aromatic rings. The summed E-state index contributed by atoms with van der Waals surface area (Å²) >= 11 is 0. The Morgan fingerprint density at radius 1 is 1.00 bits per heavy atom. The van der Waals surface area contributed by atoms with Crippen LogP contribution in [0.25, 0.3) is 0 Å². The Morgan fingerprint density at radius 2 is 1.76 bits per heavy atom. The molecule has 0 saturated heterocycles. The Labute approximate surface area is 105 Å². The normalized spacial score (nSPS) is 29.2. The molecule has 1 aromatic carbocycles. The first kappa shape index (κ1) is 11.3. The van der Waals surface area contributed by atoms with Gasteiger partial charge in [-0.25, -0.2) is 0 Å². The predicted octanol–water partition coefficient (Wildman–Crippen LogP) is 3.71. The second-order valence-corrected chi connectivity index (χ2v) is 5.77. The van der Waals surface area contributed by atoms with Crippen molar-refractivity contribution >= 4 is 0 Å². The van der Waals surface area contributed by atoms with Gasteiger partial charge in [-0.2, -0.15) is 0 Å². The summed E-state index contributed by atoms with van der Waals surface area (Å²) in [6.07, 6.45) is 8.63. The molecule has 0 spiro atoms. The van der Waals surface area contributed by atoms with Crippen LogP contribution in [0.2, 0.25) is 0 Å². The summed E-state index contributed by atoms with van der Waals surface area (Å²) < 4.78 is 0. The van der Waals surface area contributed by atoms with Crippen LogP contribution in [0.5, 0.6) is 0 Å². The SMILES string of the molecule is c1ccc([C@H]2CC2NCC2CCCCC2)cc1. The Kier molecular flexibility index (Phi) is 3.46. The molecule has 0 heterocycles. The van der Waals surface area contributed by atoms with Gasteiger partial charge in [-0.1, -0.05) is 49.6 Å². The molecule has 1 unspecified atom stereocenters. The van der Waals surface area contributed by atoms with Gasteiger partial charge in [0.2, 0.25) is 0 Å². The summed E-state index contributed by atoms with van der Waals surface area (Å²) in [4.78, 5) is 0. The molecule has 92 valence electrons. The molecule has 3 rings (SSSR count). The first-order valence-electron chi connectivity index (χ1n) is 7.22. The molecule has 0 aliphatic heterocycles. The zero-order valence-corrected chi connectivity index (χ0v) is 10.6. The summed E-state index contributed by atoms with van der Waals surface area (Å²) in [6.45, 7) is 1.26. The highest BCUT2D eigenvalue weighted by molar-refractivity contribution is 5.27. The van der Waals surface area contributed by atoms with Gasteiger partial charge in [0.15, 0.2) is 0 Å². The van der Waals surface area contributed by atoms with E-state index in [2.05, 4.69) is 35.6 Å². The number of benzene rings is 1. The van der Waals surface area contributed by atoms with E-state index in [1.54, 1.807) is 0 Å². The first-order chi connectivity index (χ1) is 8.43. The molecule has 0 bridgehead atoms. The molecule has 0 amide bonds. The lowest BCUT2D eigenvalue weighted by atomic mass is 9.89. The van der Waals surface area contributed by atoms with Gasteiger partial charge in [0.1, 0.15) is 0 Å². The van der Waals surface area contributed by atoms with E-state index >= 15 is 0 Å². The summed E-state index contributed by atoms with van der Waals surface area (Å²) in [5.41, 5.74) is 1.52. The van der Waals surface area contributed by atoms with Crippen LogP contribution in [0, 0.1) is 5.92 Å². The molecule has 2 aliphatic rings. The third-order valence-electron chi connectivity index (χ3n) is 4.41. The van der Waals surface area contributed by atoms with Crippen LogP contribution in [-0.2, 0) is 0 Å². The van der Waals surface area contributed by atoms with E-state index in [1.165, 1.54) is 50.6 Å². The quantitative estimate of drug-likeness (QED) is 0.830. The molecule has 2 saturated carbocycles. The Balaban J connectivity index is 1.43. The van der Waals surface area contributed by atoms with Crippen molar-refractivity contribution in [3.63, 3.8) is 0 Å². The van der Waals surface area contributed by atoms with Crippen LogP contribution in [0.4, 0.5) is 0 Å². The maximum absolute atomic E-state index is 3.77. The number of hydrogen-bond donors (Lipinski definition) is 1. The van der Waals surface area contributed by atoms with E-state index < -0.39 is 0 Å². The van der Waals surface area contributed by atoms with Crippen molar-refractivity contribution in [2.24, 2.45) is 5.92 Å². The van der Waals surface area contributed by atoms with Crippen molar-refractivity contribution in [2.75, 3.05) is 6.54 Å². The highest BCUT2D eigenvalue weighted by Gasteiger charge is 2.37. The van der Waals surface area contributed by atoms with Crippen LogP contribution in [0.1, 0.15) is 50.0 Å². The highest BCUT2D eigenvalue weighted by Crippen LogP contribution is 2.40. The number of hydrogen-bond acceptors (Lipinski definition) is 1. The molecule has 1 N–H and O–H groups in total. The lowest BCUT2D eigenvalue weighted by molar-refractivity contribution is 0.341. The molecule has 17 heavy (non-hydrogen) atoms. The summed E-state index contributed by atoms with van der Waals surface area (Å²) in [5.74, 6) is 1.75. The first-order valence-corrected chi connectivity index (χ1v) is 7.22. The molecule has 2 aliphatic carbocycles. The topological polar surface area (TPSA) is 12.0 Å². The van der Waals surface area contributed by atoms with E-state index in [-0.39, 0.29) is 0 Å². The maximum atomic E-state index is 3.77. The largest absolute Gasteiger partial charge is 0.313 e. The van der Waals surface area contributed by atoms with Crippen LogP contribution < -0.4 is 5.32 Å². The van der Waals surface area contributed by atoms with Gasteiger partial charge in [-0.3, -0.25) is 0 Å². The van der Waals surface area contributed by atoms with Crippen molar-refractivity contribution < 1.29 is 0 Å². The monoisotopic (exact) mass is 229 g/mol. The van der Waals surface area contributed by atoms with Crippen molar-refractivity contribution in [1.29, 1.82) is 0 Å². The van der Waals surface area contributed by atoms with E-state index in [0.29, 0.717) is 0 Å². The fraction of sp³-hybridized carbons (Fsp3) is 0.625. The van der Waals surface area contributed by atoms with Gasteiger partial charge in [-0.05, 0) is 37.3 Å². The van der Waals surface area contributed by atoms with E-state index in [9.17, 15) is 0 Å². The zero-order chi connectivity index (χ0) is 11.5. The molecule has 1 heteroatoms. The molecule has 2 fully saturated rings. The van der Waals surface area contributed by atoms with Gasteiger partial charge in [0.05, 0.1) is 0 Å². The maximum Gasteiger partial charge on any atom is 0.0143 e. The van der Waals surface area contributed by atoms with Crippen molar-refractivity contribution in [1.82, 2.24) is 5.32 Å². The molecule has 0 radical (unpaired) electrons. The van der Waals surface area contributed by atoms with Gasteiger partial charge >= 0.3 is 0 Å². The molecular weight excluding hydrogens is 206 g/mol. The zero-order valence-electron chi connectivity index (χ0n) is 10.6. The standard InChI is InChI=1S/C16H23N/c1-3-7-13(8-4-1)12-17-16-11-15(16)14-9-5-2-6-10-14/h2,5-6,9-10,13,15-17H,1,3-4,7-8,11-12H2/t15-,16?/m1/s1. The average Bonchev–Trinajstić information content (AvgIpc) is 3.18. The smallest absolute Gasteiger partial charge is 0.0143 e. The summed E-state index contributed by atoms with van der Waals surface area (Å²) in [7, 11) is 0. The fourth-order valence-electron chi connectivity index (χ4n) is 3.20. The Hall–Kier alpha value is -0.820. The van der Waals surface area contributed by atoms with Crippen molar-refractivity contribution in [2.45, 2.75) is 50.5 Å². The van der Waals surface area contributed by atoms with Crippen LogP contribution in [0.15, 0.2) is 30.3 Å². The average molecular weight is 229 g/mol. The molecular formula is C16H23N. The van der Waals surface area contributed by atoms with Crippen molar-refractivity contribution in [3.05, 3.63) is 35.9 Å². The minimum atomic E-state index is 0.763. The third-order valence-corrected chi connectivity index (χ3v) is 4.41. The van der Waals surface area contributed by atoms with Crippen LogP contribution >= 0.6 is 0 Å². The highest BCUT2D eigenvalue weighted by atomic mass is 15.0. The minimum Gasteiger partial charge on any atom is -0.313 e. The second-order valence-electron chi connectivity index (χ2n) is 5.77. The predicted molar refractivity (Wildman–Crippen MR) is 72.2 cm³/mol. The third kappa shape index (κ3) is 2.90. The van der Waals surface area contributed by atoms with Gasteiger partial charge in [0, 0.05) is 12.0 Å². The van der Waals surface area contributed by atoms with Gasteiger partial charge in [0.25, 0.3) is 0 Å². The van der Waals surface area contributed by atoms with E-state index in [4.69, 9.17) is 0 Å². The lowest BCUT2D eigenvalue weighted by Gasteiger charge is -2.21. The number of rotatable bonds is 4. The number of nitrogens with one attached hydrogen (secondary N) is 1. The summed E-state index contributed by atoms with van der Waals surface area (Å²) in [5, 5.41) is 3.77. The van der Waals surface area contributed by atoms with E-state index in [1.807, 2.05) is 0 Å².